The molecule has 0 aliphatic heterocycles. The Bertz CT molecular complexity index is 4340. The van der Waals surface area contributed by atoms with E-state index in [2.05, 4.69) is 322 Å². The molecule has 0 atom stereocenters. The van der Waals surface area contributed by atoms with E-state index in [-0.39, 0.29) is 0 Å². The number of hydrogen-bond acceptors (Lipinski definition) is 0. The van der Waals surface area contributed by atoms with Crippen LogP contribution in [-0.4, -0.2) is 18.3 Å². The molecular weight excluding hydrogens is 945 g/mol. The standard InChI is InChI=1S/C74H50N4/c1-5-17-51(18-6-1)53-29-33-57(34-30-53)71-47-61-49-74-62(50-73(61)77(71)65-41-37-63(38-42-65)75-67-27-15-13-25-59(67)45-69(75)55-21-9-3-10-22-55)48-72(58-35-31-54(32-36-58)52-19-7-2-8-20-52)78(74)66-43-39-64(40-44-66)76-68-28-16-14-26-60(68)46-70(76)56-23-11-4-12-24-56/h1-50H. The lowest BCUT2D eigenvalue weighted by molar-refractivity contribution is 1.10. The molecule has 366 valence electrons. The fourth-order valence-corrected chi connectivity index (χ4v) is 11.8. The zero-order chi connectivity index (χ0) is 51.5. The van der Waals surface area contributed by atoms with Crippen LogP contribution in [0.25, 0.3) is 134 Å². The van der Waals surface area contributed by atoms with Gasteiger partial charge in [-0.25, -0.2) is 0 Å². The van der Waals surface area contributed by atoms with Gasteiger partial charge in [0, 0.05) is 44.3 Å². The lowest BCUT2D eigenvalue weighted by atomic mass is 10.0. The number of para-hydroxylation sites is 2. The van der Waals surface area contributed by atoms with Gasteiger partial charge >= 0.3 is 0 Å². The van der Waals surface area contributed by atoms with Gasteiger partial charge in [-0.05, 0) is 142 Å². The van der Waals surface area contributed by atoms with Gasteiger partial charge in [0.05, 0.1) is 44.8 Å². The van der Waals surface area contributed by atoms with E-state index in [1.54, 1.807) is 0 Å². The Labute approximate surface area is 452 Å². The molecular formula is C74H50N4. The van der Waals surface area contributed by atoms with Crippen molar-refractivity contribution in [1.82, 2.24) is 18.3 Å². The Kier molecular flexibility index (Phi) is 10.8. The van der Waals surface area contributed by atoms with E-state index in [0.717, 1.165) is 78.5 Å². The summed E-state index contributed by atoms with van der Waals surface area (Å²) in [5.74, 6) is 0. The maximum atomic E-state index is 2.45. The quantitative estimate of drug-likeness (QED) is 0.130. The zero-order valence-corrected chi connectivity index (χ0v) is 42.7. The van der Waals surface area contributed by atoms with Crippen molar-refractivity contribution in [2.75, 3.05) is 0 Å². The number of benzene rings is 11. The molecule has 0 bridgehead atoms. The van der Waals surface area contributed by atoms with Crippen molar-refractivity contribution in [1.29, 1.82) is 0 Å². The second-order valence-electron chi connectivity index (χ2n) is 20.2. The van der Waals surface area contributed by atoms with Crippen molar-refractivity contribution in [2.24, 2.45) is 0 Å². The summed E-state index contributed by atoms with van der Waals surface area (Å²) in [6.45, 7) is 0. The van der Waals surface area contributed by atoms with E-state index in [9.17, 15) is 0 Å². The predicted octanol–water partition coefficient (Wildman–Crippen LogP) is 19.5. The van der Waals surface area contributed by atoms with Gasteiger partial charge in [0.25, 0.3) is 0 Å². The first-order valence-corrected chi connectivity index (χ1v) is 26.7. The normalized spacial score (nSPS) is 11.6. The molecule has 15 rings (SSSR count). The first-order chi connectivity index (χ1) is 38.7. The Morgan fingerprint density at radius 1 is 0.154 bits per heavy atom. The molecule has 78 heavy (non-hydrogen) atoms. The molecule has 0 fully saturated rings. The third-order valence-electron chi connectivity index (χ3n) is 15.6. The summed E-state index contributed by atoms with van der Waals surface area (Å²) in [5.41, 5.74) is 23.1. The summed E-state index contributed by atoms with van der Waals surface area (Å²) in [6, 6.07) is 111. The van der Waals surface area contributed by atoms with Gasteiger partial charge < -0.3 is 18.3 Å². The van der Waals surface area contributed by atoms with Crippen molar-refractivity contribution >= 4 is 43.6 Å². The SMILES string of the molecule is c1ccc(-c2ccc(-c3cc4cc5c(cc(-c6ccc(-c7ccccc7)cc6)n5-c5ccc(-n6c(-c7ccccc7)cc7ccccc76)cc5)cc4n3-c3ccc(-n4c(-c5ccccc5)cc5ccccc54)cc3)cc2)cc1. The Morgan fingerprint density at radius 3 is 0.718 bits per heavy atom. The highest BCUT2D eigenvalue weighted by molar-refractivity contribution is 6.03. The molecule has 0 unspecified atom stereocenters. The summed E-state index contributed by atoms with van der Waals surface area (Å²) in [6.07, 6.45) is 0. The average molecular weight is 995 g/mol. The van der Waals surface area contributed by atoms with Crippen LogP contribution in [0.2, 0.25) is 0 Å². The van der Waals surface area contributed by atoms with Crippen LogP contribution >= 0.6 is 0 Å². The van der Waals surface area contributed by atoms with Crippen LogP contribution in [0.1, 0.15) is 0 Å². The van der Waals surface area contributed by atoms with Gasteiger partial charge in [-0.1, -0.05) is 206 Å². The molecule has 0 aliphatic rings. The largest absolute Gasteiger partial charge is 0.309 e. The first kappa shape index (κ1) is 45.0. The Morgan fingerprint density at radius 2 is 0.385 bits per heavy atom. The molecule has 15 aromatic rings. The molecule has 0 saturated carbocycles. The van der Waals surface area contributed by atoms with E-state index in [4.69, 9.17) is 0 Å². The highest BCUT2D eigenvalue weighted by Gasteiger charge is 2.21. The summed E-state index contributed by atoms with van der Waals surface area (Å²) < 4.78 is 9.68. The van der Waals surface area contributed by atoms with Gasteiger partial charge in [-0.2, -0.15) is 0 Å². The number of fused-ring (bicyclic) bond motifs is 4. The fourth-order valence-electron chi connectivity index (χ4n) is 11.8. The molecule has 0 saturated heterocycles. The summed E-state index contributed by atoms with van der Waals surface area (Å²) in [4.78, 5) is 0. The monoisotopic (exact) mass is 994 g/mol. The van der Waals surface area contributed by atoms with Gasteiger partial charge in [0.15, 0.2) is 0 Å². The molecule has 11 aromatic carbocycles. The van der Waals surface area contributed by atoms with Gasteiger partial charge in [0.2, 0.25) is 0 Å². The van der Waals surface area contributed by atoms with Crippen LogP contribution in [0.15, 0.2) is 303 Å². The molecule has 0 amide bonds. The van der Waals surface area contributed by atoms with Crippen LogP contribution in [0.4, 0.5) is 0 Å². The second-order valence-corrected chi connectivity index (χ2v) is 20.2. The molecule has 4 heterocycles. The van der Waals surface area contributed by atoms with Crippen molar-refractivity contribution in [3.8, 4) is 90.0 Å². The smallest absolute Gasteiger partial charge is 0.0542 e. The highest BCUT2D eigenvalue weighted by atomic mass is 15.0. The molecule has 0 radical (unpaired) electrons. The van der Waals surface area contributed by atoms with Gasteiger partial charge in [0.1, 0.15) is 0 Å². The summed E-state index contributed by atoms with van der Waals surface area (Å²) in [5, 5.41) is 4.74. The maximum Gasteiger partial charge on any atom is 0.0542 e. The fraction of sp³-hybridized carbons (Fsp3) is 0. The maximum absolute atomic E-state index is 2.45. The third kappa shape index (κ3) is 7.77. The van der Waals surface area contributed by atoms with Crippen molar-refractivity contribution in [3.05, 3.63) is 303 Å². The molecule has 0 aliphatic carbocycles. The lowest BCUT2D eigenvalue weighted by Crippen LogP contribution is -2.00. The second kappa shape index (κ2) is 18.7. The first-order valence-electron chi connectivity index (χ1n) is 26.7. The number of nitrogens with zero attached hydrogens (tertiary/aromatic N) is 4. The zero-order valence-electron chi connectivity index (χ0n) is 42.7. The van der Waals surface area contributed by atoms with Crippen LogP contribution < -0.4 is 0 Å². The topological polar surface area (TPSA) is 19.7 Å². The molecule has 4 nitrogen and oxygen atoms in total. The lowest BCUT2D eigenvalue weighted by Gasteiger charge is -2.16. The van der Waals surface area contributed by atoms with E-state index in [1.165, 1.54) is 55.2 Å². The average Bonchev–Trinajstić information content (AvgIpc) is 4.47. The van der Waals surface area contributed by atoms with Crippen LogP contribution in [0.3, 0.4) is 0 Å². The van der Waals surface area contributed by atoms with Crippen molar-refractivity contribution in [3.63, 3.8) is 0 Å². The third-order valence-corrected chi connectivity index (χ3v) is 15.6. The number of rotatable bonds is 10. The number of aromatic nitrogens is 4. The van der Waals surface area contributed by atoms with Crippen LogP contribution in [0.5, 0.6) is 0 Å². The van der Waals surface area contributed by atoms with E-state index in [1.807, 2.05) is 0 Å². The number of hydrogen-bond donors (Lipinski definition) is 0. The minimum absolute atomic E-state index is 1.09. The van der Waals surface area contributed by atoms with Crippen LogP contribution in [-0.2, 0) is 0 Å². The van der Waals surface area contributed by atoms with E-state index in [0.29, 0.717) is 0 Å². The van der Waals surface area contributed by atoms with Crippen molar-refractivity contribution < 1.29 is 0 Å². The summed E-state index contributed by atoms with van der Waals surface area (Å²) in [7, 11) is 0. The molecule has 0 N–H and O–H groups in total. The predicted molar refractivity (Wildman–Crippen MR) is 326 cm³/mol. The minimum atomic E-state index is 1.09. The van der Waals surface area contributed by atoms with Crippen molar-refractivity contribution in [2.45, 2.75) is 0 Å². The van der Waals surface area contributed by atoms with Crippen LogP contribution in [0, 0.1) is 0 Å². The Hall–Kier alpha value is -10.4. The molecule has 0 spiro atoms. The van der Waals surface area contributed by atoms with E-state index >= 15 is 0 Å². The molecule has 4 heteroatoms. The molecule has 4 aromatic heterocycles. The highest BCUT2D eigenvalue weighted by Crippen LogP contribution is 2.41. The minimum Gasteiger partial charge on any atom is -0.309 e. The van der Waals surface area contributed by atoms with Gasteiger partial charge in [-0.3, -0.25) is 0 Å². The Balaban J connectivity index is 0.911. The van der Waals surface area contributed by atoms with E-state index < -0.39 is 0 Å². The summed E-state index contributed by atoms with van der Waals surface area (Å²) >= 11 is 0. The van der Waals surface area contributed by atoms with Gasteiger partial charge in [-0.15, -0.1) is 0 Å².